The number of benzene rings is 1. The molecule has 0 amide bonds. The zero-order valence-electron chi connectivity index (χ0n) is 9.72. The number of methoxy groups -OCH3 is 1. The topological polar surface area (TPSA) is 84.9 Å². The number of hydrogen-bond acceptors (Lipinski definition) is 5. The van der Waals surface area contributed by atoms with E-state index in [1.54, 1.807) is 12.1 Å². The van der Waals surface area contributed by atoms with E-state index in [0.29, 0.717) is 17.7 Å². The van der Waals surface area contributed by atoms with Crippen molar-refractivity contribution in [2.45, 2.75) is 12.8 Å². The zero-order chi connectivity index (χ0) is 12.7. The Morgan fingerprint density at radius 2 is 2.06 bits per heavy atom. The fourth-order valence-electron chi connectivity index (χ4n) is 1.41. The summed E-state index contributed by atoms with van der Waals surface area (Å²) in [4.78, 5) is 11.2. The average Bonchev–Trinajstić information content (AvgIpc) is 2.39. The first-order valence-corrected chi connectivity index (χ1v) is 5.28. The number of carbonyl (C=O) groups is 1. The largest absolute Gasteiger partial charge is 0.465 e. The Hall–Kier alpha value is -1.88. The molecule has 0 radical (unpaired) electrons. The van der Waals surface area contributed by atoms with Crippen LogP contribution in [0, 0.1) is 0 Å². The normalized spacial score (nSPS) is 11.3. The molecule has 0 aliphatic carbocycles. The van der Waals surface area contributed by atoms with Crippen LogP contribution in [-0.2, 0) is 11.2 Å². The molecule has 5 nitrogen and oxygen atoms in total. The first kappa shape index (κ1) is 13.2. The third-order valence-corrected chi connectivity index (χ3v) is 2.45. The SMILES string of the molecule is COC(=O)c1ccc(CCC(CN)=NO)cc1. The summed E-state index contributed by atoms with van der Waals surface area (Å²) in [6.45, 7) is 0.247. The predicted molar refractivity (Wildman–Crippen MR) is 64.4 cm³/mol. The van der Waals surface area contributed by atoms with Crippen molar-refractivity contribution in [2.24, 2.45) is 10.9 Å². The highest BCUT2D eigenvalue weighted by atomic mass is 16.5. The van der Waals surface area contributed by atoms with Crippen LogP contribution in [0.15, 0.2) is 29.4 Å². The lowest BCUT2D eigenvalue weighted by molar-refractivity contribution is 0.0600. The predicted octanol–water partition coefficient (Wildman–Crippen LogP) is 1.19. The van der Waals surface area contributed by atoms with Gasteiger partial charge in [0.1, 0.15) is 0 Å². The molecule has 0 saturated carbocycles. The molecule has 3 N–H and O–H groups in total. The van der Waals surface area contributed by atoms with Crippen LogP contribution < -0.4 is 5.73 Å². The van der Waals surface area contributed by atoms with Crippen LogP contribution in [0.25, 0.3) is 0 Å². The molecule has 0 spiro atoms. The molecular formula is C12H16N2O3. The Bertz CT molecular complexity index is 399. The summed E-state index contributed by atoms with van der Waals surface area (Å²) in [6, 6.07) is 7.11. The van der Waals surface area contributed by atoms with Crippen LogP contribution in [0.5, 0.6) is 0 Å². The summed E-state index contributed by atoms with van der Waals surface area (Å²) in [5, 5.41) is 11.7. The number of rotatable bonds is 5. The number of oxime groups is 1. The molecule has 92 valence electrons. The second-order valence-electron chi connectivity index (χ2n) is 3.56. The molecule has 17 heavy (non-hydrogen) atoms. The molecule has 0 bridgehead atoms. The molecule has 0 aliphatic rings. The number of nitrogens with zero attached hydrogens (tertiary/aromatic N) is 1. The van der Waals surface area contributed by atoms with Crippen molar-refractivity contribution in [1.82, 2.24) is 0 Å². The Morgan fingerprint density at radius 1 is 1.41 bits per heavy atom. The lowest BCUT2D eigenvalue weighted by Gasteiger charge is -2.03. The minimum atomic E-state index is -0.351. The third kappa shape index (κ3) is 3.88. The molecule has 0 saturated heterocycles. The van der Waals surface area contributed by atoms with Crippen LogP contribution in [0.3, 0.4) is 0 Å². The second-order valence-corrected chi connectivity index (χ2v) is 3.56. The Balaban J connectivity index is 2.60. The number of hydrogen-bond donors (Lipinski definition) is 2. The Kier molecular flexibility index (Phi) is 5.16. The van der Waals surface area contributed by atoms with Crippen molar-refractivity contribution in [2.75, 3.05) is 13.7 Å². The van der Waals surface area contributed by atoms with Gasteiger partial charge in [0, 0.05) is 6.54 Å². The van der Waals surface area contributed by atoms with Gasteiger partial charge in [0.25, 0.3) is 0 Å². The van der Waals surface area contributed by atoms with Gasteiger partial charge in [-0.2, -0.15) is 0 Å². The lowest BCUT2D eigenvalue weighted by atomic mass is 10.1. The summed E-state index contributed by atoms with van der Waals surface area (Å²) in [5.41, 5.74) is 7.50. The number of ether oxygens (including phenoxy) is 1. The standard InChI is InChI=1S/C12H16N2O3/c1-17-12(15)10-5-2-9(3-6-10)4-7-11(8-13)14-16/h2-3,5-6,16H,4,7-8,13H2,1H3. The van der Waals surface area contributed by atoms with Gasteiger partial charge < -0.3 is 15.7 Å². The molecule has 0 atom stereocenters. The first-order valence-electron chi connectivity index (χ1n) is 5.28. The summed E-state index contributed by atoms with van der Waals surface area (Å²) in [6.07, 6.45) is 1.32. The van der Waals surface area contributed by atoms with E-state index in [2.05, 4.69) is 9.89 Å². The quantitative estimate of drug-likeness (QED) is 0.348. The fraction of sp³-hybridized carbons (Fsp3) is 0.333. The van der Waals surface area contributed by atoms with E-state index in [0.717, 1.165) is 12.0 Å². The molecule has 0 fully saturated rings. The van der Waals surface area contributed by atoms with E-state index in [4.69, 9.17) is 10.9 Å². The van der Waals surface area contributed by atoms with Crippen LogP contribution in [-0.4, -0.2) is 30.5 Å². The van der Waals surface area contributed by atoms with E-state index in [-0.39, 0.29) is 12.5 Å². The van der Waals surface area contributed by atoms with E-state index in [9.17, 15) is 4.79 Å². The minimum Gasteiger partial charge on any atom is -0.465 e. The summed E-state index contributed by atoms with van der Waals surface area (Å²) in [5.74, 6) is -0.351. The van der Waals surface area contributed by atoms with Crippen molar-refractivity contribution >= 4 is 11.7 Å². The van der Waals surface area contributed by atoms with Gasteiger partial charge in [0.15, 0.2) is 0 Å². The number of carbonyl (C=O) groups excluding carboxylic acids is 1. The third-order valence-electron chi connectivity index (χ3n) is 2.45. The van der Waals surface area contributed by atoms with Crippen molar-refractivity contribution < 1.29 is 14.7 Å². The summed E-state index contributed by atoms with van der Waals surface area (Å²) < 4.78 is 4.60. The molecule has 0 aromatic heterocycles. The first-order chi connectivity index (χ1) is 8.21. The van der Waals surface area contributed by atoms with Gasteiger partial charge in [-0.1, -0.05) is 17.3 Å². The van der Waals surface area contributed by atoms with E-state index in [1.807, 2.05) is 12.1 Å². The van der Waals surface area contributed by atoms with E-state index < -0.39 is 0 Å². The van der Waals surface area contributed by atoms with Crippen LogP contribution in [0.4, 0.5) is 0 Å². The van der Waals surface area contributed by atoms with Crippen molar-refractivity contribution in [3.63, 3.8) is 0 Å². The molecule has 1 aromatic carbocycles. The molecular weight excluding hydrogens is 220 g/mol. The number of nitrogens with two attached hydrogens (primary N) is 1. The van der Waals surface area contributed by atoms with Gasteiger partial charge in [-0.25, -0.2) is 4.79 Å². The van der Waals surface area contributed by atoms with Gasteiger partial charge in [-0.3, -0.25) is 0 Å². The minimum absolute atomic E-state index is 0.247. The maximum atomic E-state index is 11.2. The van der Waals surface area contributed by atoms with Gasteiger partial charge >= 0.3 is 5.97 Å². The monoisotopic (exact) mass is 236 g/mol. The van der Waals surface area contributed by atoms with Crippen molar-refractivity contribution in [3.05, 3.63) is 35.4 Å². The van der Waals surface area contributed by atoms with Crippen molar-refractivity contribution in [3.8, 4) is 0 Å². The smallest absolute Gasteiger partial charge is 0.337 e. The van der Waals surface area contributed by atoms with Crippen molar-refractivity contribution in [1.29, 1.82) is 0 Å². The maximum absolute atomic E-state index is 11.2. The highest BCUT2D eigenvalue weighted by Gasteiger charge is 2.05. The van der Waals surface area contributed by atoms with Crippen LogP contribution in [0.2, 0.25) is 0 Å². The van der Waals surface area contributed by atoms with Crippen LogP contribution in [0.1, 0.15) is 22.3 Å². The number of aryl methyl sites for hydroxylation is 1. The molecule has 1 aromatic rings. The fourth-order valence-corrected chi connectivity index (χ4v) is 1.41. The van der Waals surface area contributed by atoms with Gasteiger partial charge in [0.05, 0.1) is 18.4 Å². The van der Waals surface area contributed by atoms with E-state index in [1.165, 1.54) is 7.11 Å². The lowest BCUT2D eigenvalue weighted by Crippen LogP contribution is -2.14. The molecule has 1 rings (SSSR count). The maximum Gasteiger partial charge on any atom is 0.337 e. The van der Waals surface area contributed by atoms with Gasteiger partial charge in [-0.15, -0.1) is 0 Å². The van der Waals surface area contributed by atoms with E-state index >= 15 is 0 Å². The molecule has 0 aliphatic heterocycles. The second kappa shape index (κ2) is 6.65. The zero-order valence-corrected chi connectivity index (χ0v) is 9.72. The summed E-state index contributed by atoms with van der Waals surface area (Å²) >= 11 is 0. The van der Waals surface area contributed by atoms with Gasteiger partial charge in [0.2, 0.25) is 0 Å². The molecule has 0 unspecified atom stereocenters. The highest BCUT2D eigenvalue weighted by Crippen LogP contribution is 2.08. The Morgan fingerprint density at radius 3 is 2.53 bits per heavy atom. The van der Waals surface area contributed by atoms with Crippen LogP contribution >= 0.6 is 0 Å². The summed E-state index contributed by atoms with van der Waals surface area (Å²) in [7, 11) is 1.35. The number of esters is 1. The van der Waals surface area contributed by atoms with Gasteiger partial charge in [-0.05, 0) is 30.5 Å². The molecule has 0 heterocycles. The molecule has 5 heteroatoms. The average molecular weight is 236 g/mol. The Labute approximate surface area is 99.9 Å². The highest BCUT2D eigenvalue weighted by molar-refractivity contribution is 5.89.